The van der Waals surface area contributed by atoms with Gasteiger partial charge in [-0.05, 0) is 13.3 Å². The zero-order valence-corrected chi connectivity index (χ0v) is 9.80. The molecule has 2 atom stereocenters. The van der Waals surface area contributed by atoms with Gasteiger partial charge in [0.15, 0.2) is 5.78 Å². The maximum Gasteiger partial charge on any atom is 0.408 e. The summed E-state index contributed by atoms with van der Waals surface area (Å²) in [6.45, 7) is 4.79. The number of Topliss-reactive ketones (excluding diaryl/α,β-unsaturated/α-hetero) is 1. The predicted octanol–water partition coefficient (Wildman–Crippen LogP) is 0.673. The Balaban J connectivity index is 3.18. The molecule has 2 unspecified atom stereocenters. The number of hydrogen-bond donors (Lipinski definition) is 1. The van der Waals surface area contributed by atoms with E-state index < -0.39 is 23.5 Å². The van der Waals surface area contributed by atoms with Gasteiger partial charge in [0.1, 0.15) is 6.04 Å². The Morgan fingerprint density at radius 1 is 1.71 bits per heavy atom. The molecule has 0 bridgehead atoms. The third-order valence-electron chi connectivity index (χ3n) is 3.10. The average Bonchev–Trinajstić information content (AvgIpc) is 2.52. The summed E-state index contributed by atoms with van der Waals surface area (Å²) >= 11 is 0. The second-order valence-corrected chi connectivity index (χ2v) is 4.17. The van der Waals surface area contributed by atoms with Gasteiger partial charge in [-0.15, -0.1) is 6.58 Å². The van der Waals surface area contributed by atoms with Crippen LogP contribution in [0.15, 0.2) is 12.7 Å². The Kier molecular flexibility index (Phi) is 3.55. The number of carbonyl (C=O) groups is 3. The van der Waals surface area contributed by atoms with E-state index in [4.69, 9.17) is 5.11 Å². The van der Waals surface area contributed by atoms with Crippen molar-refractivity contribution in [3.8, 4) is 0 Å². The lowest BCUT2D eigenvalue weighted by atomic mass is 9.78. The molecule has 0 aliphatic carbocycles. The molecule has 1 N–H and O–H groups in total. The summed E-state index contributed by atoms with van der Waals surface area (Å²) < 4.78 is 4.57. The molecule has 0 aromatic carbocycles. The fourth-order valence-corrected chi connectivity index (χ4v) is 2.13. The van der Waals surface area contributed by atoms with Crippen LogP contribution in [0.25, 0.3) is 0 Å². The van der Waals surface area contributed by atoms with Crippen molar-refractivity contribution in [3.63, 3.8) is 0 Å². The molecule has 1 aliphatic rings. The van der Waals surface area contributed by atoms with E-state index in [2.05, 4.69) is 11.3 Å². The van der Waals surface area contributed by atoms with Gasteiger partial charge in [-0.25, -0.2) is 9.59 Å². The van der Waals surface area contributed by atoms with Crippen molar-refractivity contribution in [1.82, 2.24) is 4.90 Å². The number of nitrogens with zero attached hydrogens (tertiary/aromatic N) is 1. The summed E-state index contributed by atoms with van der Waals surface area (Å²) in [6, 6.07) is -1.10. The summed E-state index contributed by atoms with van der Waals surface area (Å²) in [5.74, 6) is -1.02. The number of methoxy groups -OCH3 is 1. The molecule has 1 saturated heterocycles. The molecule has 0 aromatic heterocycles. The largest absolute Gasteiger partial charge is 0.467 e. The predicted molar refractivity (Wildman–Crippen MR) is 58.5 cm³/mol. The van der Waals surface area contributed by atoms with E-state index in [1.165, 1.54) is 13.2 Å². The molecule has 0 aromatic rings. The van der Waals surface area contributed by atoms with E-state index in [1.807, 2.05) is 0 Å². The van der Waals surface area contributed by atoms with Gasteiger partial charge in [0.2, 0.25) is 0 Å². The van der Waals surface area contributed by atoms with E-state index in [-0.39, 0.29) is 18.7 Å². The highest BCUT2D eigenvalue weighted by molar-refractivity contribution is 6.00. The van der Waals surface area contributed by atoms with Crippen LogP contribution in [0.4, 0.5) is 4.79 Å². The molecule has 1 rings (SSSR count). The maximum atomic E-state index is 11.9. The maximum absolute atomic E-state index is 11.9. The molecule has 1 aliphatic heterocycles. The van der Waals surface area contributed by atoms with Crippen LogP contribution in [0, 0.1) is 5.41 Å². The molecule has 94 valence electrons. The molecule has 0 spiro atoms. The van der Waals surface area contributed by atoms with E-state index in [0.717, 1.165) is 4.90 Å². The van der Waals surface area contributed by atoms with Crippen LogP contribution < -0.4 is 0 Å². The third-order valence-corrected chi connectivity index (χ3v) is 3.10. The number of carboxylic acid groups (broad SMARTS) is 1. The Labute approximate surface area is 98.8 Å². The lowest BCUT2D eigenvalue weighted by molar-refractivity contribution is -0.149. The molecule has 17 heavy (non-hydrogen) atoms. The summed E-state index contributed by atoms with van der Waals surface area (Å²) in [5, 5.41) is 8.99. The molecule has 1 amide bonds. The number of likely N-dealkylation sites (tertiary alicyclic amines) is 1. The Morgan fingerprint density at radius 2 is 2.29 bits per heavy atom. The number of ether oxygens (including phenoxy) is 1. The second kappa shape index (κ2) is 4.57. The van der Waals surface area contributed by atoms with Gasteiger partial charge in [0.05, 0.1) is 19.1 Å². The summed E-state index contributed by atoms with van der Waals surface area (Å²) in [5.41, 5.74) is -1.09. The van der Waals surface area contributed by atoms with Crippen molar-refractivity contribution >= 4 is 17.8 Å². The van der Waals surface area contributed by atoms with Gasteiger partial charge in [-0.2, -0.15) is 0 Å². The molecule has 6 heteroatoms. The van der Waals surface area contributed by atoms with Crippen molar-refractivity contribution in [2.45, 2.75) is 19.4 Å². The van der Waals surface area contributed by atoms with Crippen molar-refractivity contribution < 1.29 is 24.2 Å². The quantitative estimate of drug-likeness (QED) is 0.580. The third kappa shape index (κ3) is 2.02. The zero-order valence-electron chi connectivity index (χ0n) is 9.80. The lowest BCUT2D eigenvalue weighted by Gasteiger charge is -2.29. The van der Waals surface area contributed by atoms with Gasteiger partial charge < -0.3 is 9.84 Å². The molecule has 0 radical (unpaired) electrons. The first kappa shape index (κ1) is 13.2. The fourth-order valence-electron chi connectivity index (χ4n) is 2.13. The number of esters is 1. The van der Waals surface area contributed by atoms with Crippen molar-refractivity contribution in [1.29, 1.82) is 0 Å². The number of amides is 1. The Morgan fingerprint density at radius 3 is 2.71 bits per heavy atom. The first-order chi connectivity index (χ1) is 7.88. The minimum absolute atomic E-state index is 0.232. The minimum Gasteiger partial charge on any atom is -0.467 e. The zero-order chi connectivity index (χ0) is 13.2. The number of rotatable bonds is 3. The standard InChI is InChI=1S/C11H15NO5/c1-4-5-11(2)7(13)6-12(10(15)16)8(11)9(14)17-3/h4,8H,1,5-6H2,2-3H3,(H,15,16). The summed E-state index contributed by atoms with van der Waals surface area (Å²) in [7, 11) is 1.17. The molecular weight excluding hydrogens is 226 g/mol. The minimum atomic E-state index is -1.30. The van der Waals surface area contributed by atoms with E-state index >= 15 is 0 Å². The Hall–Kier alpha value is -1.85. The second-order valence-electron chi connectivity index (χ2n) is 4.17. The molecule has 1 heterocycles. The molecule has 1 fully saturated rings. The first-order valence-electron chi connectivity index (χ1n) is 5.10. The van der Waals surface area contributed by atoms with Gasteiger partial charge >= 0.3 is 12.1 Å². The molecule has 6 nitrogen and oxygen atoms in total. The number of hydrogen-bond acceptors (Lipinski definition) is 4. The monoisotopic (exact) mass is 241 g/mol. The SMILES string of the molecule is C=CCC1(C)C(=O)CN(C(=O)O)C1C(=O)OC. The van der Waals surface area contributed by atoms with Crippen molar-refractivity contribution in [3.05, 3.63) is 12.7 Å². The van der Waals surface area contributed by atoms with Gasteiger partial charge in [-0.1, -0.05) is 6.08 Å². The first-order valence-corrected chi connectivity index (χ1v) is 5.10. The van der Waals surface area contributed by atoms with Crippen molar-refractivity contribution in [2.75, 3.05) is 13.7 Å². The van der Waals surface area contributed by atoms with Crippen LogP contribution in [-0.4, -0.2) is 47.5 Å². The topological polar surface area (TPSA) is 83.9 Å². The average molecular weight is 241 g/mol. The van der Waals surface area contributed by atoms with Gasteiger partial charge in [0, 0.05) is 0 Å². The van der Waals surface area contributed by atoms with Crippen LogP contribution in [0.1, 0.15) is 13.3 Å². The number of allylic oxidation sites excluding steroid dienone is 1. The summed E-state index contributed by atoms with van der Waals surface area (Å²) in [4.78, 5) is 35.3. The van der Waals surface area contributed by atoms with E-state index in [9.17, 15) is 14.4 Å². The highest BCUT2D eigenvalue weighted by Gasteiger charge is 2.55. The number of ketones is 1. The normalized spacial score (nSPS) is 28.0. The molecular formula is C11H15NO5. The highest BCUT2D eigenvalue weighted by Crippen LogP contribution is 2.38. The van der Waals surface area contributed by atoms with Crippen LogP contribution in [0.5, 0.6) is 0 Å². The van der Waals surface area contributed by atoms with Crippen LogP contribution >= 0.6 is 0 Å². The van der Waals surface area contributed by atoms with Gasteiger partial charge in [-0.3, -0.25) is 9.69 Å². The van der Waals surface area contributed by atoms with Gasteiger partial charge in [0.25, 0.3) is 0 Å². The van der Waals surface area contributed by atoms with Crippen LogP contribution in [0.2, 0.25) is 0 Å². The highest BCUT2D eigenvalue weighted by atomic mass is 16.5. The smallest absolute Gasteiger partial charge is 0.408 e. The van der Waals surface area contributed by atoms with E-state index in [1.54, 1.807) is 6.92 Å². The fraction of sp³-hybridized carbons (Fsp3) is 0.545. The number of carbonyl (C=O) groups excluding carboxylic acids is 2. The lowest BCUT2D eigenvalue weighted by Crippen LogP contribution is -2.47. The Bertz CT molecular complexity index is 378. The van der Waals surface area contributed by atoms with Crippen LogP contribution in [0.3, 0.4) is 0 Å². The van der Waals surface area contributed by atoms with E-state index in [0.29, 0.717) is 0 Å². The summed E-state index contributed by atoms with van der Waals surface area (Å²) in [6.07, 6.45) is 0.427. The van der Waals surface area contributed by atoms with Crippen LogP contribution in [-0.2, 0) is 14.3 Å². The van der Waals surface area contributed by atoms with Crippen molar-refractivity contribution in [2.24, 2.45) is 5.41 Å². The molecule has 0 saturated carbocycles.